The van der Waals surface area contributed by atoms with Gasteiger partial charge in [0.1, 0.15) is 12.1 Å². The van der Waals surface area contributed by atoms with Gasteiger partial charge >= 0.3 is 6.03 Å². The number of para-hydroxylation sites is 1. The zero-order valence-corrected chi connectivity index (χ0v) is 15.5. The molecule has 7 nitrogen and oxygen atoms in total. The number of likely N-dealkylation sites (N-methyl/N-ethyl adjacent to an activating group) is 1. The maximum absolute atomic E-state index is 12.8. The van der Waals surface area contributed by atoms with Gasteiger partial charge in [0.05, 0.1) is 6.54 Å². The van der Waals surface area contributed by atoms with Crippen LogP contribution in [0.4, 0.5) is 10.5 Å². The molecule has 0 bridgehead atoms. The number of piperazine rings is 2. The van der Waals surface area contributed by atoms with Gasteiger partial charge in [-0.3, -0.25) is 9.59 Å². The number of anilines is 1. The van der Waals surface area contributed by atoms with Crippen molar-refractivity contribution >= 4 is 23.5 Å². The highest BCUT2D eigenvalue weighted by Gasteiger charge is 2.47. The molecule has 7 heteroatoms. The summed E-state index contributed by atoms with van der Waals surface area (Å²) in [6, 6.07) is 7.96. The second-order valence-electron chi connectivity index (χ2n) is 7.38. The van der Waals surface area contributed by atoms with E-state index in [0.717, 1.165) is 0 Å². The van der Waals surface area contributed by atoms with Gasteiger partial charge in [0.25, 0.3) is 0 Å². The van der Waals surface area contributed by atoms with Crippen molar-refractivity contribution in [2.45, 2.75) is 32.4 Å². The Hall–Kier alpha value is -2.57. The lowest BCUT2D eigenvalue weighted by Gasteiger charge is -2.48. The Labute approximate surface area is 153 Å². The average molecular weight is 358 g/mol. The SMILES string of the molecule is CC(C)C[C@H]1C(=O)N2CCN(C(=O)Nc3ccccc3)C[C@@H]2C(=O)N1C. The summed E-state index contributed by atoms with van der Waals surface area (Å²) < 4.78 is 0. The summed E-state index contributed by atoms with van der Waals surface area (Å²) in [5.74, 6) is 0.232. The van der Waals surface area contributed by atoms with E-state index in [9.17, 15) is 14.4 Å². The van der Waals surface area contributed by atoms with Crippen LogP contribution in [0.5, 0.6) is 0 Å². The summed E-state index contributed by atoms with van der Waals surface area (Å²) in [7, 11) is 1.69. The van der Waals surface area contributed by atoms with Gasteiger partial charge in [0, 0.05) is 25.8 Å². The molecule has 26 heavy (non-hydrogen) atoms. The van der Waals surface area contributed by atoms with Gasteiger partial charge in [0.15, 0.2) is 0 Å². The van der Waals surface area contributed by atoms with E-state index in [1.807, 2.05) is 44.2 Å². The number of fused-ring (bicyclic) bond motifs is 1. The van der Waals surface area contributed by atoms with Crippen LogP contribution in [0, 0.1) is 5.92 Å². The van der Waals surface area contributed by atoms with E-state index in [-0.39, 0.29) is 24.4 Å². The Kier molecular flexibility index (Phi) is 5.15. The Morgan fingerprint density at radius 3 is 2.50 bits per heavy atom. The van der Waals surface area contributed by atoms with E-state index in [4.69, 9.17) is 0 Å². The molecule has 0 saturated carbocycles. The second kappa shape index (κ2) is 7.35. The van der Waals surface area contributed by atoms with Crippen LogP contribution >= 0.6 is 0 Å². The maximum atomic E-state index is 12.8. The van der Waals surface area contributed by atoms with Crippen molar-refractivity contribution < 1.29 is 14.4 Å². The lowest BCUT2D eigenvalue weighted by atomic mass is 9.95. The van der Waals surface area contributed by atoms with E-state index in [0.29, 0.717) is 31.1 Å². The van der Waals surface area contributed by atoms with Crippen molar-refractivity contribution in [2.24, 2.45) is 5.92 Å². The molecule has 0 aromatic heterocycles. The van der Waals surface area contributed by atoms with E-state index in [1.165, 1.54) is 0 Å². The number of urea groups is 1. The smallest absolute Gasteiger partial charge is 0.321 e. The minimum Gasteiger partial charge on any atom is -0.332 e. The first kappa shape index (κ1) is 18.2. The zero-order chi connectivity index (χ0) is 18.8. The van der Waals surface area contributed by atoms with Gasteiger partial charge < -0.3 is 20.0 Å². The number of amides is 4. The van der Waals surface area contributed by atoms with E-state index in [2.05, 4.69) is 5.32 Å². The van der Waals surface area contributed by atoms with Gasteiger partial charge in [-0.15, -0.1) is 0 Å². The summed E-state index contributed by atoms with van der Waals surface area (Å²) in [4.78, 5) is 43.0. The summed E-state index contributed by atoms with van der Waals surface area (Å²) in [6.07, 6.45) is 0.655. The number of rotatable bonds is 3. The van der Waals surface area contributed by atoms with E-state index < -0.39 is 12.1 Å². The molecule has 2 atom stereocenters. The molecule has 2 saturated heterocycles. The normalized spacial score (nSPS) is 23.3. The quantitative estimate of drug-likeness (QED) is 0.892. The fourth-order valence-corrected chi connectivity index (χ4v) is 3.62. The van der Waals surface area contributed by atoms with Gasteiger partial charge in [-0.1, -0.05) is 32.0 Å². The van der Waals surface area contributed by atoms with Crippen LogP contribution in [0.1, 0.15) is 20.3 Å². The van der Waals surface area contributed by atoms with Crippen LogP contribution in [0.15, 0.2) is 30.3 Å². The standard InChI is InChI=1S/C19H26N4O3/c1-13(2)11-15-18(25)23-10-9-22(12-16(23)17(24)21(15)3)19(26)20-14-7-5-4-6-8-14/h4-8,13,15-16H,9-12H2,1-3H3,(H,20,26)/t15-,16+/m0/s1. The first-order chi connectivity index (χ1) is 12.4. The predicted octanol–water partition coefficient (Wildman–Crippen LogP) is 1.62. The molecule has 0 radical (unpaired) electrons. The second-order valence-corrected chi connectivity index (χ2v) is 7.38. The third-order valence-electron chi connectivity index (χ3n) is 5.06. The fraction of sp³-hybridized carbons (Fsp3) is 0.526. The molecular formula is C19H26N4O3. The molecule has 0 aliphatic carbocycles. The average Bonchev–Trinajstić information content (AvgIpc) is 2.63. The molecule has 0 spiro atoms. The van der Waals surface area contributed by atoms with Crippen molar-refractivity contribution in [3.05, 3.63) is 30.3 Å². The summed E-state index contributed by atoms with van der Waals surface area (Å²) in [5.41, 5.74) is 0.708. The summed E-state index contributed by atoms with van der Waals surface area (Å²) in [6.45, 7) is 5.13. The topological polar surface area (TPSA) is 73.0 Å². The van der Waals surface area contributed by atoms with E-state index in [1.54, 1.807) is 21.7 Å². The first-order valence-electron chi connectivity index (χ1n) is 9.06. The molecule has 1 N–H and O–H groups in total. The number of carbonyl (C=O) groups is 3. The van der Waals surface area contributed by atoms with E-state index >= 15 is 0 Å². The Morgan fingerprint density at radius 1 is 1.15 bits per heavy atom. The Bertz CT molecular complexity index is 691. The van der Waals surface area contributed by atoms with Crippen LogP contribution in [0.25, 0.3) is 0 Å². The number of benzene rings is 1. The highest BCUT2D eigenvalue weighted by atomic mass is 16.2. The first-order valence-corrected chi connectivity index (χ1v) is 9.06. The van der Waals surface area contributed by atoms with Crippen LogP contribution in [-0.4, -0.2) is 71.3 Å². The van der Waals surface area contributed by atoms with Crippen molar-refractivity contribution in [2.75, 3.05) is 32.0 Å². The van der Waals surface area contributed by atoms with Gasteiger partial charge in [-0.25, -0.2) is 4.79 Å². The molecule has 0 unspecified atom stereocenters. The lowest BCUT2D eigenvalue weighted by Crippen LogP contribution is -2.70. The molecule has 2 aliphatic heterocycles. The highest BCUT2D eigenvalue weighted by Crippen LogP contribution is 2.25. The van der Waals surface area contributed by atoms with Crippen LogP contribution in [-0.2, 0) is 9.59 Å². The van der Waals surface area contributed by atoms with Gasteiger partial charge in [0.2, 0.25) is 11.8 Å². The van der Waals surface area contributed by atoms with Crippen LogP contribution < -0.4 is 5.32 Å². The third-order valence-corrected chi connectivity index (χ3v) is 5.06. The molecule has 3 rings (SSSR count). The molecule has 140 valence electrons. The molecular weight excluding hydrogens is 332 g/mol. The zero-order valence-electron chi connectivity index (χ0n) is 15.5. The molecule has 4 amide bonds. The molecule has 1 aromatic rings. The number of nitrogens with one attached hydrogen (secondary N) is 1. The number of nitrogens with zero attached hydrogens (tertiary/aromatic N) is 3. The minimum atomic E-state index is -0.591. The maximum Gasteiger partial charge on any atom is 0.321 e. The summed E-state index contributed by atoms with van der Waals surface area (Å²) >= 11 is 0. The Balaban J connectivity index is 1.69. The van der Waals surface area contributed by atoms with Gasteiger partial charge in [-0.05, 0) is 24.5 Å². The molecule has 1 aromatic carbocycles. The highest BCUT2D eigenvalue weighted by molar-refractivity contribution is 5.98. The number of hydrogen-bond donors (Lipinski definition) is 1. The number of hydrogen-bond acceptors (Lipinski definition) is 3. The molecule has 2 aliphatic rings. The van der Waals surface area contributed by atoms with Crippen molar-refractivity contribution in [3.8, 4) is 0 Å². The third kappa shape index (κ3) is 3.52. The van der Waals surface area contributed by atoms with Crippen LogP contribution in [0.2, 0.25) is 0 Å². The van der Waals surface area contributed by atoms with Crippen LogP contribution in [0.3, 0.4) is 0 Å². The summed E-state index contributed by atoms with van der Waals surface area (Å²) in [5, 5.41) is 2.84. The largest absolute Gasteiger partial charge is 0.332 e. The number of carbonyl (C=O) groups excluding carboxylic acids is 3. The van der Waals surface area contributed by atoms with Crippen molar-refractivity contribution in [1.82, 2.24) is 14.7 Å². The monoisotopic (exact) mass is 358 g/mol. The molecule has 2 fully saturated rings. The molecule has 2 heterocycles. The van der Waals surface area contributed by atoms with Gasteiger partial charge in [-0.2, -0.15) is 0 Å². The predicted molar refractivity (Wildman–Crippen MR) is 98.5 cm³/mol. The lowest BCUT2D eigenvalue weighted by molar-refractivity contribution is -0.163. The van der Waals surface area contributed by atoms with Crippen molar-refractivity contribution in [1.29, 1.82) is 0 Å². The minimum absolute atomic E-state index is 0.00563. The van der Waals surface area contributed by atoms with Crippen molar-refractivity contribution in [3.63, 3.8) is 0 Å². The Morgan fingerprint density at radius 2 is 1.85 bits per heavy atom. The fourth-order valence-electron chi connectivity index (χ4n) is 3.62.